The molecule has 1 heterocycles. The monoisotopic (exact) mass is 359 g/mol. The zero-order valence-corrected chi connectivity index (χ0v) is 14.5. The van der Waals surface area contributed by atoms with Crippen LogP contribution in [-0.2, 0) is 17.8 Å². The van der Waals surface area contributed by atoms with Crippen LogP contribution in [0.1, 0.15) is 48.3 Å². The van der Waals surface area contributed by atoms with Crippen molar-refractivity contribution in [3.05, 3.63) is 41.5 Å². The van der Waals surface area contributed by atoms with Crippen molar-refractivity contribution in [3.63, 3.8) is 0 Å². The number of nitrogens with one attached hydrogen (secondary N) is 1. The minimum absolute atomic E-state index is 0.0921. The molecule has 2 N–H and O–H groups in total. The lowest BCUT2D eigenvalue weighted by atomic mass is 10.1. The van der Waals surface area contributed by atoms with Crippen LogP contribution in [0, 0.1) is 5.92 Å². The Bertz CT molecular complexity index is 771. The standard InChI is InChI=1S/C18H21N3O5/c1-2-16-20-15(21-26-16)10-25-14-7-4-11(5-8-14)17(22)19-13-6-3-12(9-13)18(23)24/h4-5,7-8,12-13H,2-3,6,9-10H2,1H3,(H,19,22)(H,23,24)/t12-,13+/m0/s1. The van der Waals surface area contributed by atoms with Crippen LogP contribution >= 0.6 is 0 Å². The molecule has 8 heteroatoms. The molecule has 138 valence electrons. The summed E-state index contributed by atoms with van der Waals surface area (Å²) in [4.78, 5) is 27.4. The summed E-state index contributed by atoms with van der Waals surface area (Å²) in [5.74, 6) is 0.255. The summed E-state index contributed by atoms with van der Waals surface area (Å²) >= 11 is 0. The van der Waals surface area contributed by atoms with E-state index in [1.54, 1.807) is 24.3 Å². The van der Waals surface area contributed by atoms with Gasteiger partial charge in [-0.05, 0) is 43.5 Å². The summed E-state index contributed by atoms with van der Waals surface area (Å²) < 4.78 is 10.6. The first-order chi connectivity index (χ1) is 12.5. The van der Waals surface area contributed by atoms with Gasteiger partial charge in [-0.3, -0.25) is 9.59 Å². The molecule has 3 rings (SSSR count). The van der Waals surface area contributed by atoms with Gasteiger partial charge in [0.1, 0.15) is 5.75 Å². The summed E-state index contributed by atoms with van der Waals surface area (Å²) in [5, 5.41) is 15.7. The molecule has 1 aliphatic rings. The Morgan fingerprint density at radius 1 is 1.31 bits per heavy atom. The van der Waals surface area contributed by atoms with Gasteiger partial charge in [0.15, 0.2) is 6.61 Å². The van der Waals surface area contributed by atoms with Crippen molar-refractivity contribution < 1.29 is 24.0 Å². The summed E-state index contributed by atoms with van der Waals surface area (Å²) in [5.41, 5.74) is 0.504. The normalized spacial score (nSPS) is 19.3. The molecular weight excluding hydrogens is 338 g/mol. The minimum Gasteiger partial charge on any atom is -0.485 e. The van der Waals surface area contributed by atoms with Gasteiger partial charge in [-0.25, -0.2) is 0 Å². The molecule has 0 saturated heterocycles. The third-order valence-corrected chi connectivity index (χ3v) is 4.41. The van der Waals surface area contributed by atoms with E-state index in [0.29, 0.717) is 48.7 Å². The van der Waals surface area contributed by atoms with Crippen LogP contribution in [0.15, 0.2) is 28.8 Å². The Kier molecular flexibility index (Phi) is 5.50. The summed E-state index contributed by atoms with van der Waals surface area (Å²) in [7, 11) is 0. The van der Waals surface area contributed by atoms with Gasteiger partial charge in [0.05, 0.1) is 5.92 Å². The average molecular weight is 359 g/mol. The van der Waals surface area contributed by atoms with E-state index in [4.69, 9.17) is 14.4 Å². The zero-order valence-electron chi connectivity index (χ0n) is 14.5. The fraction of sp³-hybridized carbons (Fsp3) is 0.444. The number of carboxylic acid groups (broad SMARTS) is 1. The SMILES string of the molecule is CCc1nc(COc2ccc(C(=O)N[C@@H]3CC[C@H](C(=O)O)C3)cc2)no1. The van der Waals surface area contributed by atoms with E-state index in [0.717, 1.165) is 0 Å². The average Bonchev–Trinajstić information content (AvgIpc) is 3.29. The van der Waals surface area contributed by atoms with E-state index in [1.165, 1.54) is 0 Å². The second kappa shape index (κ2) is 7.99. The number of rotatable bonds is 7. The fourth-order valence-corrected chi connectivity index (χ4v) is 2.95. The van der Waals surface area contributed by atoms with E-state index in [2.05, 4.69) is 15.5 Å². The number of nitrogens with zero attached hydrogens (tertiary/aromatic N) is 2. The van der Waals surface area contributed by atoms with Crippen molar-refractivity contribution in [2.45, 2.75) is 45.3 Å². The highest BCUT2D eigenvalue weighted by molar-refractivity contribution is 5.94. The number of aliphatic carboxylic acids is 1. The fourth-order valence-electron chi connectivity index (χ4n) is 2.95. The van der Waals surface area contributed by atoms with Crippen LogP contribution in [0.5, 0.6) is 5.75 Å². The van der Waals surface area contributed by atoms with Gasteiger partial charge in [-0.2, -0.15) is 4.98 Å². The predicted molar refractivity (Wildman–Crippen MR) is 90.7 cm³/mol. The second-order valence-electron chi connectivity index (χ2n) is 6.29. The van der Waals surface area contributed by atoms with Crippen LogP contribution in [-0.4, -0.2) is 33.2 Å². The number of hydrogen-bond acceptors (Lipinski definition) is 6. The number of aromatic nitrogens is 2. The van der Waals surface area contributed by atoms with Crippen molar-refractivity contribution in [3.8, 4) is 5.75 Å². The highest BCUT2D eigenvalue weighted by Crippen LogP contribution is 2.26. The first-order valence-corrected chi connectivity index (χ1v) is 8.63. The summed E-state index contributed by atoms with van der Waals surface area (Å²) in [6.07, 6.45) is 2.44. The van der Waals surface area contributed by atoms with E-state index in [-0.39, 0.29) is 24.5 Å². The molecule has 2 aromatic rings. The number of amides is 1. The van der Waals surface area contributed by atoms with Gasteiger partial charge in [0, 0.05) is 18.0 Å². The van der Waals surface area contributed by atoms with Crippen LogP contribution in [0.2, 0.25) is 0 Å². The molecular formula is C18H21N3O5. The summed E-state index contributed by atoms with van der Waals surface area (Å²) in [6, 6.07) is 6.64. The van der Waals surface area contributed by atoms with E-state index in [9.17, 15) is 9.59 Å². The van der Waals surface area contributed by atoms with E-state index < -0.39 is 5.97 Å². The van der Waals surface area contributed by atoms with Crippen molar-refractivity contribution in [2.24, 2.45) is 5.92 Å². The predicted octanol–water partition coefficient (Wildman–Crippen LogP) is 2.19. The molecule has 1 aromatic carbocycles. The van der Waals surface area contributed by atoms with E-state index >= 15 is 0 Å². The maximum absolute atomic E-state index is 12.3. The lowest BCUT2D eigenvalue weighted by molar-refractivity contribution is -0.141. The number of carbonyl (C=O) groups is 2. The van der Waals surface area contributed by atoms with Gasteiger partial charge in [-0.15, -0.1) is 0 Å². The van der Waals surface area contributed by atoms with Crippen LogP contribution in [0.25, 0.3) is 0 Å². The van der Waals surface area contributed by atoms with Crippen molar-refractivity contribution in [1.29, 1.82) is 0 Å². The molecule has 0 bridgehead atoms. The molecule has 8 nitrogen and oxygen atoms in total. The number of carbonyl (C=O) groups excluding carboxylic acids is 1. The third kappa shape index (κ3) is 4.38. The Morgan fingerprint density at radius 3 is 2.69 bits per heavy atom. The van der Waals surface area contributed by atoms with Crippen molar-refractivity contribution >= 4 is 11.9 Å². The number of aryl methyl sites for hydroxylation is 1. The van der Waals surface area contributed by atoms with Crippen molar-refractivity contribution in [2.75, 3.05) is 0 Å². The van der Waals surface area contributed by atoms with Gasteiger partial charge >= 0.3 is 5.97 Å². The lowest BCUT2D eigenvalue weighted by Gasteiger charge is -2.12. The smallest absolute Gasteiger partial charge is 0.306 e. The Morgan fingerprint density at radius 2 is 2.08 bits per heavy atom. The molecule has 0 radical (unpaired) electrons. The maximum Gasteiger partial charge on any atom is 0.306 e. The molecule has 0 spiro atoms. The summed E-state index contributed by atoms with van der Waals surface area (Å²) in [6.45, 7) is 2.11. The highest BCUT2D eigenvalue weighted by Gasteiger charge is 2.30. The van der Waals surface area contributed by atoms with Gasteiger partial charge < -0.3 is 19.7 Å². The third-order valence-electron chi connectivity index (χ3n) is 4.41. The Labute approximate surface area is 150 Å². The minimum atomic E-state index is -0.795. The molecule has 1 aromatic heterocycles. The number of benzene rings is 1. The molecule has 0 unspecified atom stereocenters. The molecule has 0 aliphatic heterocycles. The molecule has 1 aliphatic carbocycles. The lowest BCUT2D eigenvalue weighted by Crippen LogP contribution is -2.33. The Balaban J connectivity index is 1.50. The van der Waals surface area contributed by atoms with Gasteiger partial charge in [-0.1, -0.05) is 12.1 Å². The zero-order chi connectivity index (χ0) is 18.5. The highest BCUT2D eigenvalue weighted by atomic mass is 16.5. The molecule has 1 fully saturated rings. The first kappa shape index (κ1) is 17.9. The molecule has 2 atom stereocenters. The van der Waals surface area contributed by atoms with Crippen LogP contribution in [0.4, 0.5) is 0 Å². The molecule has 26 heavy (non-hydrogen) atoms. The first-order valence-electron chi connectivity index (χ1n) is 8.63. The van der Waals surface area contributed by atoms with E-state index in [1.807, 2.05) is 6.92 Å². The molecule has 1 saturated carbocycles. The number of carboxylic acids is 1. The quantitative estimate of drug-likeness (QED) is 0.778. The second-order valence-corrected chi connectivity index (χ2v) is 6.29. The molecule has 1 amide bonds. The van der Waals surface area contributed by atoms with Gasteiger partial charge in [0.25, 0.3) is 5.91 Å². The van der Waals surface area contributed by atoms with Crippen LogP contribution < -0.4 is 10.1 Å². The van der Waals surface area contributed by atoms with Crippen molar-refractivity contribution in [1.82, 2.24) is 15.5 Å². The van der Waals surface area contributed by atoms with Crippen LogP contribution in [0.3, 0.4) is 0 Å². The largest absolute Gasteiger partial charge is 0.485 e. The maximum atomic E-state index is 12.3. The number of hydrogen-bond donors (Lipinski definition) is 2. The van der Waals surface area contributed by atoms with Gasteiger partial charge in [0.2, 0.25) is 11.7 Å². The Hall–Kier alpha value is -2.90. The topological polar surface area (TPSA) is 115 Å². The number of ether oxygens (including phenoxy) is 1.